The molecule has 0 fully saturated rings. The summed E-state index contributed by atoms with van der Waals surface area (Å²) in [6, 6.07) is 26.0. The summed E-state index contributed by atoms with van der Waals surface area (Å²) in [5.74, 6) is 2.53. The molecule has 1 heterocycles. The first-order valence-electron chi connectivity index (χ1n) is 11.0. The summed E-state index contributed by atoms with van der Waals surface area (Å²) in [4.78, 5) is 9.31. The van der Waals surface area contributed by atoms with Crippen LogP contribution in [-0.2, 0) is 12.8 Å². The van der Waals surface area contributed by atoms with Gasteiger partial charge >= 0.3 is 0 Å². The number of thiocarbonyl (C=S) groups is 1. The highest BCUT2D eigenvalue weighted by Crippen LogP contribution is 2.23. The number of ether oxygens (including phenoxy) is 2. The van der Waals surface area contributed by atoms with Crippen LogP contribution in [-0.4, -0.2) is 36.6 Å². The molecular weight excluding hydrogens is 442 g/mol. The SMILES string of the molecule is CNc1ncc(-c2ccc(OC)cc2)nc1Cc1ccccc1.COc1ccc(CC=S)cc1. The van der Waals surface area contributed by atoms with Crippen molar-refractivity contribution in [2.24, 2.45) is 0 Å². The molecular formula is C28H29N3O2S. The number of aromatic nitrogens is 2. The Morgan fingerprint density at radius 1 is 0.824 bits per heavy atom. The Labute approximate surface area is 206 Å². The molecule has 1 N–H and O–H groups in total. The fourth-order valence-corrected chi connectivity index (χ4v) is 3.50. The summed E-state index contributed by atoms with van der Waals surface area (Å²) >= 11 is 4.74. The van der Waals surface area contributed by atoms with Crippen molar-refractivity contribution in [3.8, 4) is 22.8 Å². The van der Waals surface area contributed by atoms with E-state index in [0.717, 1.165) is 47.1 Å². The molecule has 4 aromatic rings. The minimum Gasteiger partial charge on any atom is -0.497 e. The Hall–Kier alpha value is -3.77. The summed E-state index contributed by atoms with van der Waals surface area (Å²) in [5, 5.41) is 4.84. The zero-order valence-electron chi connectivity index (χ0n) is 19.7. The van der Waals surface area contributed by atoms with Gasteiger partial charge in [-0.1, -0.05) is 54.7 Å². The molecule has 0 aliphatic carbocycles. The highest BCUT2D eigenvalue weighted by molar-refractivity contribution is 7.78. The third-order valence-electron chi connectivity index (χ3n) is 5.16. The fraction of sp³-hybridized carbons (Fsp3) is 0.179. The van der Waals surface area contributed by atoms with Crippen molar-refractivity contribution in [1.82, 2.24) is 9.97 Å². The van der Waals surface area contributed by atoms with E-state index in [-0.39, 0.29) is 0 Å². The molecule has 0 amide bonds. The Kier molecular flexibility index (Phi) is 9.55. The summed E-state index contributed by atoms with van der Waals surface area (Å²) < 4.78 is 10.2. The van der Waals surface area contributed by atoms with Crippen molar-refractivity contribution < 1.29 is 9.47 Å². The monoisotopic (exact) mass is 471 g/mol. The molecule has 0 aliphatic rings. The summed E-state index contributed by atoms with van der Waals surface area (Å²) in [5.41, 5.74) is 5.26. The highest BCUT2D eigenvalue weighted by Gasteiger charge is 2.09. The zero-order chi connectivity index (χ0) is 24.2. The molecule has 1 aromatic heterocycles. The molecule has 0 radical (unpaired) electrons. The Balaban J connectivity index is 0.000000248. The molecule has 3 aromatic carbocycles. The van der Waals surface area contributed by atoms with Crippen molar-refractivity contribution in [2.75, 3.05) is 26.6 Å². The third kappa shape index (κ3) is 7.12. The van der Waals surface area contributed by atoms with Crippen LogP contribution in [0.25, 0.3) is 11.3 Å². The van der Waals surface area contributed by atoms with E-state index in [1.807, 2.05) is 73.8 Å². The van der Waals surface area contributed by atoms with Gasteiger partial charge in [-0.3, -0.25) is 0 Å². The second kappa shape index (κ2) is 13.1. The minimum atomic E-state index is 0.744. The average molecular weight is 472 g/mol. The molecule has 0 bridgehead atoms. The minimum absolute atomic E-state index is 0.744. The lowest BCUT2D eigenvalue weighted by atomic mass is 10.1. The summed E-state index contributed by atoms with van der Waals surface area (Å²) in [6.45, 7) is 0. The van der Waals surface area contributed by atoms with Crippen molar-refractivity contribution in [2.45, 2.75) is 12.8 Å². The zero-order valence-corrected chi connectivity index (χ0v) is 20.5. The van der Waals surface area contributed by atoms with Crippen LogP contribution in [0.3, 0.4) is 0 Å². The van der Waals surface area contributed by atoms with Gasteiger partial charge < -0.3 is 14.8 Å². The summed E-state index contributed by atoms with van der Waals surface area (Å²) in [6.07, 6.45) is 3.38. The smallest absolute Gasteiger partial charge is 0.147 e. The van der Waals surface area contributed by atoms with E-state index < -0.39 is 0 Å². The number of methoxy groups -OCH3 is 2. The first kappa shape index (κ1) is 24.9. The van der Waals surface area contributed by atoms with Gasteiger partial charge in [0.25, 0.3) is 0 Å². The Bertz CT molecular complexity index is 1160. The lowest BCUT2D eigenvalue weighted by molar-refractivity contribution is 0.414. The van der Waals surface area contributed by atoms with Crippen LogP contribution in [0.1, 0.15) is 16.8 Å². The highest BCUT2D eigenvalue weighted by atomic mass is 32.1. The lowest BCUT2D eigenvalue weighted by Gasteiger charge is -2.10. The molecule has 4 rings (SSSR count). The maximum Gasteiger partial charge on any atom is 0.147 e. The quantitative estimate of drug-likeness (QED) is 0.317. The van der Waals surface area contributed by atoms with Crippen molar-refractivity contribution in [3.63, 3.8) is 0 Å². The second-order valence-corrected chi connectivity index (χ2v) is 7.74. The number of rotatable bonds is 8. The maximum atomic E-state index is 5.20. The topological polar surface area (TPSA) is 56.3 Å². The molecule has 0 spiro atoms. The Morgan fingerprint density at radius 2 is 1.44 bits per heavy atom. The average Bonchev–Trinajstić information content (AvgIpc) is 2.90. The number of benzene rings is 3. The van der Waals surface area contributed by atoms with Crippen molar-refractivity contribution >= 4 is 23.4 Å². The van der Waals surface area contributed by atoms with Crippen LogP contribution in [0, 0.1) is 0 Å². The van der Waals surface area contributed by atoms with Gasteiger partial charge in [-0.2, -0.15) is 0 Å². The van der Waals surface area contributed by atoms with Crippen LogP contribution in [0.2, 0.25) is 0 Å². The fourth-order valence-electron chi connectivity index (χ4n) is 3.31. The van der Waals surface area contributed by atoms with Crippen LogP contribution in [0.15, 0.2) is 85.1 Å². The van der Waals surface area contributed by atoms with E-state index in [1.165, 1.54) is 11.1 Å². The predicted molar refractivity (Wildman–Crippen MR) is 143 cm³/mol. The molecule has 174 valence electrons. The number of hydrogen-bond acceptors (Lipinski definition) is 6. The van der Waals surface area contributed by atoms with Crippen LogP contribution < -0.4 is 14.8 Å². The van der Waals surface area contributed by atoms with Crippen LogP contribution in [0.4, 0.5) is 5.82 Å². The molecule has 0 saturated heterocycles. The number of anilines is 1. The largest absolute Gasteiger partial charge is 0.497 e. The van der Waals surface area contributed by atoms with E-state index in [9.17, 15) is 0 Å². The molecule has 6 heteroatoms. The maximum absolute atomic E-state index is 5.20. The third-order valence-corrected chi connectivity index (χ3v) is 5.33. The van der Waals surface area contributed by atoms with Gasteiger partial charge in [0.1, 0.15) is 17.3 Å². The first-order valence-corrected chi connectivity index (χ1v) is 11.4. The van der Waals surface area contributed by atoms with Crippen LogP contribution in [0.5, 0.6) is 11.5 Å². The standard InChI is InChI=1S/C19H19N3O.C9H10OS/c1-20-19-17(12-14-6-4-3-5-7-14)22-18(13-21-19)15-8-10-16(23-2)11-9-15;1-10-9-4-2-8(3-5-9)6-7-11/h3-11,13H,12H2,1-2H3,(H,20,21);2-5,7H,6H2,1H3. The second-order valence-electron chi connectivity index (χ2n) is 7.41. The normalized spacial score (nSPS) is 9.97. The molecule has 0 unspecified atom stereocenters. The van der Waals surface area contributed by atoms with Crippen LogP contribution >= 0.6 is 12.2 Å². The Morgan fingerprint density at radius 3 is 2.00 bits per heavy atom. The van der Waals surface area contributed by atoms with Gasteiger partial charge in [0, 0.05) is 25.5 Å². The van der Waals surface area contributed by atoms with Gasteiger partial charge in [0.15, 0.2) is 0 Å². The molecule has 0 saturated carbocycles. The van der Waals surface area contributed by atoms with Gasteiger partial charge in [-0.25, -0.2) is 9.97 Å². The van der Waals surface area contributed by atoms with Crippen molar-refractivity contribution in [1.29, 1.82) is 0 Å². The molecule has 0 aliphatic heterocycles. The number of nitrogens with one attached hydrogen (secondary N) is 1. The predicted octanol–water partition coefficient (Wildman–Crippen LogP) is 6.02. The van der Waals surface area contributed by atoms with E-state index >= 15 is 0 Å². The number of nitrogens with zero attached hydrogens (tertiary/aromatic N) is 2. The van der Waals surface area contributed by atoms with E-state index in [2.05, 4.69) is 22.4 Å². The summed E-state index contributed by atoms with van der Waals surface area (Å²) in [7, 11) is 5.19. The van der Waals surface area contributed by atoms with Gasteiger partial charge in [-0.15, -0.1) is 0 Å². The van der Waals surface area contributed by atoms with Crippen molar-refractivity contribution in [3.05, 3.63) is 102 Å². The first-order chi connectivity index (χ1) is 16.7. The van der Waals surface area contributed by atoms with E-state index in [4.69, 9.17) is 26.7 Å². The molecule has 5 nitrogen and oxygen atoms in total. The van der Waals surface area contributed by atoms with Gasteiger partial charge in [0.2, 0.25) is 0 Å². The van der Waals surface area contributed by atoms with Gasteiger partial charge in [-0.05, 0) is 52.9 Å². The number of hydrogen-bond donors (Lipinski definition) is 1. The lowest BCUT2D eigenvalue weighted by Crippen LogP contribution is -2.03. The van der Waals surface area contributed by atoms with E-state index in [1.54, 1.807) is 25.8 Å². The molecule has 0 atom stereocenters. The van der Waals surface area contributed by atoms with Gasteiger partial charge in [0.05, 0.1) is 31.8 Å². The molecule has 34 heavy (non-hydrogen) atoms. The van der Waals surface area contributed by atoms with E-state index in [0.29, 0.717) is 0 Å².